The molecule has 3 N–H and O–H groups in total. The Kier molecular flexibility index (Phi) is 2.44. The summed E-state index contributed by atoms with van der Waals surface area (Å²) in [5.41, 5.74) is 8.12. The van der Waals surface area contributed by atoms with E-state index in [2.05, 4.69) is 21.8 Å². The van der Waals surface area contributed by atoms with Gasteiger partial charge in [-0.15, -0.1) is 11.3 Å². The van der Waals surface area contributed by atoms with Crippen LogP contribution in [0.3, 0.4) is 0 Å². The predicted octanol–water partition coefficient (Wildman–Crippen LogP) is 0.765. The Morgan fingerprint density at radius 1 is 1.69 bits per heavy atom. The topological polar surface area (TPSA) is 50.9 Å². The lowest BCUT2D eigenvalue weighted by atomic mass is 10.1. The Morgan fingerprint density at radius 3 is 3.15 bits per heavy atom. The molecule has 0 amide bonds. The number of hydrogen-bond donors (Lipinski definition) is 2. The van der Waals surface area contributed by atoms with Crippen molar-refractivity contribution in [3.63, 3.8) is 0 Å². The number of hydrogen-bond acceptors (Lipinski definition) is 4. The summed E-state index contributed by atoms with van der Waals surface area (Å²) in [7, 11) is 0. The molecular weight excluding hydrogens is 182 g/mol. The van der Waals surface area contributed by atoms with Gasteiger partial charge in [-0.1, -0.05) is 6.08 Å². The van der Waals surface area contributed by atoms with E-state index in [9.17, 15) is 0 Å². The van der Waals surface area contributed by atoms with Crippen LogP contribution in [0.5, 0.6) is 0 Å². The van der Waals surface area contributed by atoms with Gasteiger partial charge >= 0.3 is 0 Å². The number of nitrogens with two attached hydrogens (primary N) is 1. The molecule has 0 fully saturated rings. The zero-order valence-corrected chi connectivity index (χ0v) is 8.40. The smallest absolute Gasteiger partial charge is 0.120 e. The molecule has 0 radical (unpaired) electrons. The summed E-state index contributed by atoms with van der Waals surface area (Å²) in [4.78, 5) is 4.42. The third kappa shape index (κ3) is 1.96. The van der Waals surface area contributed by atoms with Gasteiger partial charge < -0.3 is 11.1 Å². The standard InChI is InChI=1S/C9H13N3S/c1-6-5-13-9(12-6)7-2-8(10)4-11-3-7/h2,5,8,11H,3-4,10H2,1H3. The Labute approximate surface area is 81.7 Å². The van der Waals surface area contributed by atoms with Crippen LogP contribution in [0, 0.1) is 6.92 Å². The minimum Gasteiger partial charge on any atom is -0.323 e. The second-order valence-electron chi connectivity index (χ2n) is 3.28. The number of nitrogens with one attached hydrogen (secondary N) is 1. The normalized spacial score (nSPS) is 22.9. The maximum Gasteiger partial charge on any atom is 0.120 e. The molecule has 2 rings (SSSR count). The van der Waals surface area contributed by atoms with E-state index < -0.39 is 0 Å². The van der Waals surface area contributed by atoms with Gasteiger partial charge in [-0.2, -0.15) is 0 Å². The highest BCUT2D eigenvalue weighted by atomic mass is 32.1. The molecule has 3 nitrogen and oxygen atoms in total. The van der Waals surface area contributed by atoms with Gasteiger partial charge in [-0.3, -0.25) is 0 Å². The second kappa shape index (κ2) is 3.57. The maximum atomic E-state index is 5.81. The van der Waals surface area contributed by atoms with Crippen molar-refractivity contribution >= 4 is 16.9 Å². The molecule has 1 aliphatic rings. The maximum absolute atomic E-state index is 5.81. The van der Waals surface area contributed by atoms with Crippen molar-refractivity contribution in [1.82, 2.24) is 10.3 Å². The van der Waals surface area contributed by atoms with Crippen LogP contribution in [0.25, 0.3) is 5.57 Å². The molecule has 1 aliphatic heterocycles. The number of aryl methyl sites for hydroxylation is 1. The highest BCUT2D eigenvalue weighted by Crippen LogP contribution is 2.20. The van der Waals surface area contributed by atoms with Gasteiger partial charge in [0.15, 0.2) is 0 Å². The fraction of sp³-hybridized carbons (Fsp3) is 0.444. The second-order valence-corrected chi connectivity index (χ2v) is 4.14. The van der Waals surface area contributed by atoms with E-state index in [0.29, 0.717) is 0 Å². The zero-order chi connectivity index (χ0) is 9.26. The summed E-state index contributed by atoms with van der Waals surface area (Å²) in [5.74, 6) is 0. The third-order valence-corrected chi connectivity index (χ3v) is 3.04. The summed E-state index contributed by atoms with van der Waals surface area (Å²) in [5, 5.41) is 6.43. The lowest BCUT2D eigenvalue weighted by Crippen LogP contribution is -2.37. The lowest BCUT2D eigenvalue weighted by Gasteiger charge is -2.17. The highest BCUT2D eigenvalue weighted by molar-refractivity contribution is 7.10. The van der Waals surface area contributed by atoms with E-state index in [1.54, 1.807) is 11.3 Å². The number of rotatable bonds is 1. The Bertz CT molecular complexity index is 329. The molecule has 0 bridgehead atoms. The Hall–Kier alpha value is -0.710. The van der Waals surface area contributed by atoms with Crippen molar-refractivity contribution in [3.05, 3.63) is 22.2 Å². The first-order valence-corrected chi connectivity index (χ1v) is 5.23. The molecule has 2 heterocycles. The molecule has 0 saturated heterocycles. The summed E-state index contributed by atoms with van der Waals surface area (Å²) < 4.78 is 0. The molecule has 0 spiro atoms. The van der Waals surface area contributed by atoms with Crippen LogP contribution in [0.2, 0.25) is 0 Å². The fourth-order valence-corrected chi connectivity index (χ4v) is 2.22. The highest BCUT2D eigenvalue weighted by Gasteiger charge is 2.12. The molecule has 1 atom stereocenters. The quantitative estimate of drug-likeness (QED) is 0.696. The van der Waals surface area contributed by atoms with Crippen molar-refractivity contribution in [1.29, 1.82) is 0 Å². The molecule has 4 heteroatoms. The Balaban J connectivity index is 2.25. The van der Waals surface area contributed by atoms with E-state index in [4.69, 9.17) is 5.73 Å². The minimum atomic E-state index is 0.132. The summed E-state index contributed by atoms with van der Waals surface area (Å²) >= 11 is 1.68. The third-order valence-electron chi connectivity index (χ3n) is 2.00. The first-order valence-electron chi connectivity index (χ1n) is 4.35. The van der Waals surface area contributed by atoms with Gasteiger partial charge in [0, 0.05) is 30.2 Å². The molecule has 0 saturated carbocycles. The summed E-state index contributed by atoms with van der Waals surface area (Å²) in [6, 6.07) is 0.132. The van der Waals surface area contributed by atoms with Gasteiger partial charge in [-0.05, 0) is 12.5 Å². The van der Waals surface area contributed by atoms with Crippen LogP contribution in [0.1, 0.15) is 10.7 Å². The van der Waals surface area contributed by atoms with Crippen LogP contribution in [-0.4, -0.2) is 24.1 Å². The van der Waals surface area contributed by atoms with Crippen molar-refractivity contribution in [2.45, 2.75) is 13.0 Å². The van der Waals surface area contributed by atoms with E-state index in [1.165, 1.54) is 5.57 Å². The summed E-state index contributed by atoms with van der Waals surface area (Å²) in [6.45, 7) is 3.77. The van der Waals surface area contributed by atoms with Crippen LogP contribution in [0.4, 0.5) is 0 Å². The van der Waals surface area contributed by atoms with Crippen molar-refractivity contribution in [3.8, 4) is 0 Å². The van der Waals surface area contributed by atoms with Crippen LogP contribution in [0.15, 0.2) is 11.5 Å². The van der Waals surface area contributed by atoms with Gasteiger partial charge in [0.25, 0.3) is 0 Å². The number of aromatic nitrogens is 1. The van der Waals surface area contributed by atoms with E-state index in [1.807, 2.05) is 6.92 Å². The largest absolute Gasteiger partial charge is 0.323 e. The van der Waals surface area contributed by atoms with E-state index >= 15 is 0 Å². The van der Waals surface area contributed by atoms with Gasteiger partial charge in [0.05, 0.1) is 0 Å². The molecule has 70 valence electrons. The Morgan fingerprint density at radius 2 is 2.54 bits per heavy atom. The molecule has 1 unspecified atom stereocenters. The lowest BCUT2D eigenvalue weighted by molar-refractivity contribution is 0.662. The average Bonchev–Trinajstić information content (AvgIpc) is 2.52. The van der Waals surface area contributed by atoms with Gasteiger partial charge in [-0.25, -0.2) is 4.98 Å². The van der Waals surface area contributed by atoms with Crippen molar-refractivity contribution in [2.24, 2.45) is 5.73 Å². The van der Waals surface area contributed by atoms with Crippen LogP contribution >= 0.6 is 11.3 Å². The first kappa shape index (κ1) is 8.87. The van der Waals surface area contributed by atoms with E-state index in [-0.39, 0.29) is 6.04 Å². The van der Waals surface area contributed by atoms with Gasteiger partial charge in [0.1, 0.15) is 5.01 Å². The number of nitrogens with zero attached hydrogens (tertiary/aromatic N) is 1. The zero-order valence-electron chi connectivity index (χ0n) is 7.58. The summed E-state index contributed by atoms with van der Waals surface area (Å²) in [6.07, 6.45) is 2.11. The minimum absolute atomic E-state index is 0.132. The molecule has 13 heavy (non-hydrogen) atoms. The molecule has 0 aromatic carbocycles. The van der Waals surface area contributed by atoms with Gasteiger partial charge in [0.2, 0.25) is 0 Å². The first-order chi connectivity index (χ1) is 6.25. The molecule has 1 aromatic heterocycles. The predicted molar refractivity (Wildman–Crippen MR) is 55.7 cm³/mol. The monoisotopic (exact) mass is 195 g/mol. The molecular formula is C9H13N3S. The van der Waals surface area contributed by atoms with Crippen molar-refractivity contribution < 1.29 is 0 Å². The van der Waals surface area contributed by atoms with Crippen LogP contribution < -0.4 is 11.1 Å². The van der Waals surface area contributed by atoms with Crippen molar-refractivity contribution in [2.75, 3.05) is 13.1 Å². The fourth-order valence-electron chi connectivity index (χ4n) is 1.40. The molecule has 1 aromatic rings. The van der Waals surface area contributed by atoms with Crippen LogP contribution in [-0.2, 0) is 0 Å². The average molecular weight is 195 g/mol. The SMILES string of the molecule is Cc1csc(C2=CC(N)CNC2)n1. The molecule has 0 aliphatic carbocycles. The van der Waals surface area contributed by atoms with E-state index in [0.717, 1.165) is 23.8 Å². The number of thiazole rings is 1.